The minimum atomic E-state index is -4.38. The quantitative estimate of drug-likeness (QED) is 0.834. The summed E-state index contributed by atoms with van der Waals surface area (Å²) in [7, 11) is 0. The average molecular weight is 249 g/mol. The lowest BCUT2D eigenvalue weighted by atomic mass is 10.2. The van der Waals surface area contributed by atoms with Crippen LogP contribution in [0.15, 0.2) is 29.2 Å². The maximum absolute atomic E-state index is 11.8. The second kappa shape index (κ2) is 5.25. The average Bonchev–Trinajstić information content (AvgIpc) is 2.25. The Balaban J connectivity index is 2.59. The summed E-state index contributed by atoms with van der Waals surface area (Å²) >= 11 is 1.50. The summed E-state index contributed by atoms with van der Waals surface area (Å²) in [6.07, 6.45) is -2.51. The lowest BCUT2D eigenvalue weighted by molar-refractivity contribution is -0.123. The Kier molecular flexibility index (Phi) is 4.23. The standard InChI is InChI=1S/C10H10F3NOS/c1-16-8-4-2-7(3-5-8)9(15)14-6-10(11,12)13/h2-5H,6H2,1H3,(H,14,15). The number of nitrogens with one attached hydrogen (secondary N) is 1. The van der Waals surface area contributed by atoms with Crippen molar-refractivity contribution in [2.45, 2.75) is 11.1 Å². The molecular weight excluding hydrogens is 239 g/mol. The Morgan fingerprint density at radius 1 is 1.31 bits per heavy atom. The van der Waals surface area contributed by atoms with Crippen molar-refractivity contribution in [3.63, 3.8) is 0 Å². The molecule has 0 radical (unpaired) electrons. The Morgan fingerprint density at radius 3 is 2.31 bits per heavy atom. The molecule has 0 saturated carbocycles. The maximum Gasteiger partial charge on any atom is 0.405 e. The fraction of sp³-hybridized carbons (Fsp3) is 0.300. The van der Waals surface area contributed by atoms with E-state index in [4.69, 9.17) is 0 Å². The highest BCUT2D eigenvalue weighted by molar-refractivity contribution is 7.98. The molecule has 0 spiro atoms. The first-order chi connectivity index (χ1) is 7.42. The number of alkyl halides is 3. The summed E-state index contributed by atoms with van der Waals surface area (Å²) < 4.78 is 35.5. The van der Waals surface area contributed by atoms with Gasteiger partial charge in [-0.1, -0.05) is 0 Å². The van der Waals surface area contributed by atoms with Crippen LogP contribution >= 0.6 is 11.8 Å². The van der Waals surface area contributed by atoms with Gasteiger partial charge in [0.05, 0.1) is 0 Å². The molecule has 6 heteroatoms. The van der Waals surface area contributed by atoms with Crippen LogP contribution in [0.3, 0.4) is 0 Å². The van der Waals surface area contributed by atoms with Gasteiger partial charge < -0.3 is 5.32 Å². The summed E-state index contributed by atoms with van der Waals surface area (Å²) in [6.45, 7) is -1.31. The number of benzene rings is 1. The van der Waals surface area contributed by atoms with Gasteiger partial charge in [-0.3, -0.25) is 4.79 Å². The van der Waals surface area contributed by atoms with Gasteiger partial charge in [0.15, 0.2) is 0 Å². The minimum Gasteiger partial charge on any atom is -0.343 e. The lowest BCUT2D eigenvalue weighted by Crippen LogP contribution is -2.33. The van der Waals surface area contributed by atoms with Gasteiger partial charge in [-0.2, -0.15) is 13.2 Å². The van der Waals surface area contributed by atoms with Crippen molar-refractivity contribution in [2.75, 3.05) is 12.8 Å². The van der Waals surface area contributed by atoms with Crippen molar-refractivity contribution >= 4 is 17.7 Å². The molecule has 0 aromatic heterocycles. The molecule has 0 bridgehead atoms. The van der Waals surface area contributed by atoms with Crippen molar-refractivity contribution in [1.82, 2.24) is 5.32 Å². The number of hydrogen-bond acceptors (Lipinski definition) is 2. The predicted octanol–water partition coefficient (Wildman–Crippen LogP) is 2.70. The van der Waals surface area contributed by atoms with E-state index < -0.39 is 18.6 Å². The van der Waals surface area contributed by atoms with Crippen molar-refractivity contribution in [3.8, 4) is 0 Å². The fourth-order valence-corrected chi connectivity index (χ4v) is 1.43. The van der Waals surface area contributed by atoms with Crippen molar-refractivity contribution in [2.24, 2.45) is 0 Å². The number of amides is 1. The highest BCUT2D eigenvalue weighted by atomic mass is 32.2. The van der Waals surface area contributed by atoms with E-state index in [2.05, 4.69) is 0 Å². The van der Waals surface area contributed by atoms with Gasteiger partial charge in [-0.15, -0.1) is 11.8 Å². The zero-order chi connectivity index (χ0) is 12.2. The van der Waals surface area contributed by atoms with E-state index >= 15 is 0 Å². The van der Waals surface area contributed by atoms with Crippen LogP contribution < -0.4 is 5.32 Å². The van der Waals surface area contributed by atoms with Gasteiger partial charge in [0.2, 0.25) is 0 Å². The molecule has 1 N–H and O–H groups in total. The fourth-order valence-electron chi connectivity index (χ4n) is 1.02. The molecule has 0 aliphatic heterocycles. The first-order valence-corrected chi connectivity index (χ1v) is 5.64. The number of hydrogen-bond donors (Lipinski definition) is 1. The van der Waals surface area contributed by atoms with Gasteiger partial charge in [0, 0.05) is 10.5 Å². The van der Waals surface area contributed by atoms with E-state index in [1.54, 1.807) is 17.4 Å². The van der Waals surface area contributed by atoms with E-state index in [0.29, 0.717) is 0 Å². The van der Waals surface area contributed by atoms with E-state index in [9.17, 15) is 18.0 Å². The molecule has 0 unspecified atom stereocenters. The number of rotatable bonds is 3. The minimum absolute atomic E-state index is 0.224. The second-order valence-electron chi connectivity index (χ2n) is 3.03. The molecule has 88 valence electrons. The summed E-state index contributed by atoms with van der Waals surface area (Å²) in [5.41, 5.74) is 0.224. The molecule has 1 aromatic carbocycles. The highest BCUT2D eigenvalue weighted by Crippen LogP contribution is 2.15. The van der Waals surface area contributed by atoms with E-state index in [0.717, 1.165) is 4.90 Å². The molecule has 2 nitrogen and oxygen atoms in total. The van der Waals surface area contributed by atoms with Crippen LogP contribution in [0.1, 0.15) is 10.4 Å². The van der Waals surface area contributed by atoms with Gasteiger partial charge in [-0.25, -0.2) is 0 Å². The summed E-state index contributed by atoms with van der Waals surface area (Å²) in [5.74, 6) is -0.718. The van der Waals surface area contributed by atoms with Crippen LogP contribution in [0, 0.1) is 0 Å². The first-order valence-electron chi connectivity index (χ1n) is 4.41. The molecule has 0 heterocycles. The summed E-state index contributed by atoms with van der Waals surface area (Å²) in [4.78, 5) is 12.2. The molecule has 0 aliphatic carbocycles. The SMILES string of the molecule is CSc1ccc(C(=O)NCC(F)(F)F)cc1. The molecule has 0 saturated heterocycles. The van der Waals surface area contributed by atoms with Crippen LogP contribution in [0.4, 0.5) is 13.2 Å². The number of thioether (sulfide) groups is 1. The third-order valence-electron chi connectivity index (χ3n) is 1.80. The van der Waals surface area contributed by atoms with E-state index in [1.165, 1.54) is 23.9 Å². The summed E-state index contributed by atoms with van der Waals surface area (Å²) in [5, 5.41) is 1.81. The number of carbonyl (C=O) groups is 1. The maximum atomic E-state index is 11.8. The Hall–Kier alpha value is -1.17. The Bertz CT molecular complexity index is 361. The number of carbonyl (C=O) groups excluding carboxylic acids is 1. The monoisotopic (exact) mass is 249 g/mol. The smallest absolute Gasteiger partial charge is 0.343 e. The largest absolute Gasteiger partial charge is 0.405 e. The molecule has 0 fully saturated rings. The van der Waals surface area contributed by atoms with Crippen molar-refractivity contribution in [1.29, 1.82) is 0 Å². The highest BCUT2D eigenvalue weighted by Gasteiger charge is 2.27. The zero-order valence-corrected chi connectivity index (χ0v) is 9.28. The molecule has 1 aromatic rings. The molecule has 1 amide bonds. The normalized spacial score (nSPS) is 11.2. The van der Waals surface area contributed by atoms with Gasteiger partial charge in [0.25, 0.3) is 5.91 Å². The van der Waals surface area contributed by atoms with E-state index in [-0.39, 0.29) is 5.56 Å². The summed E-state index contributed by atoms with van der Waals surface area (Å²) in [6, 6.07) is 6.37. The van der Waals surface area contributed by atoms with E-state index in [1.807, 2.05) is 6.26 Å². The number of halogens is 3. The molecular formula is C10H10F3NOS. The lowest BCUT2D eigenvalue weighted by Gasteiger charge is -2.08. The Labute approximate surface area is 95.2 Å². The molecule has 1 rings (SSSR count). The van der Waals surface area contributed by atoms with Crippen LogP contribution in [0.2, 0.25) is 0 Å². The second-order valence-corrected chi connectivity index (χ2v) is 3.91. The zero-order valence-electron chi connectivity index (χ0n) is 8.47. The van der Waals surface area contributed by atoms with Crippen LogP contribution in [-0.2, 0) is 0 Å². The Morgan fingerprint density at radius 2 is 1.88 bits per heavy atom. The molecule has 0 atom stereocenters. The van der Waals surface area contributed by atoms with Crippen molar-refractivity contribution in [3.05, 3.63) is 29.8 Å². The van der Waals surface area contributed by atoms with Crippen molar-refractivity contribution < 1.29 is 18.0 Å². The van der Waals surface area contributed by atoms with Crippen LogP contribution in [0.5, 0.6) is 0 Å². The van der Waals surface area contributed by atoms with Crippen LogP contribution in [0.25, 0.3) is 0 Å². The third-order valence-corrected chi connectivity index (χ3v) is 2.55. The topological polar surface area (TPSA) is 29.1 Å². The van der Waals surface area contributed by atoms with Gasteiger partial charge in [0.1, 0.15) is 6.54 Å². The predicted molar refractivity (Wildman–Crippen MR) is 56.6 cm³/mol. The third kappa shape index (κ3) is 4.14. The van der Waals surface area contributed by atoms with Crippen LogP contribution in [-0.4, -0.2) is 24.9 Å². The first kappa shape index (κ1) is 12.9. The molecule has 0 aliphatic rings. The van der Waals surface area contributed by atoms with Gasteiger partial charge in [-0.05, 0) is 30.5 Å². The van der Waals surface area contributed by atoms with Gasteiger partial charge >= 0.3 is 6.18 Å². The molecule has 16 heavy (non-hydrogen) atoms.